The van der Waals surface area contributed by atoms with E-state index in [2.05, 4.69) is 27.7 Å². The SMILES string of the molecule is CCCCCCCCCCCCCCCCCCC(C)[SiH](CC)CC. The molecule has 0 radical (unpaired) electrons. The van der Waals surface area contributed by atoms with Crippen molar-refractivity contribution in [3.8, 4) is 0 Å². The van der Waals surface area contributed by atoms with Crippen molar-refractivity contribution in [2.24, 2.45) is 0 Å². The van der Waals surface area contributed by atoms with Crippen LogP contribution in [0, 0.1) is 0 Å². The predicted molar refractivity (Wildman–Crippen MR) is 122 cm³/mol. The third-order valence-corrected chi connectivity index (χ3v) is 10.4. The lowest BCUT2D eigenvalue weighted by Gasteiger charge is -2.19. The van der Waals surface area contributed by atoms with E-state index in [1.807, 2.05) is 0 Å². The van der Waals surface area contributed by atoms with Gasteiger partial charge in [-0.3, -0.25) is 0 Å². The van der Waals surface area contributed by atoms with Crippen LogP contribution in [-0.2, 0) is 0 Å². The fraction of sp³-hybridized carbons (Fsp3) is 1.00. The van der Waals surface area contributed by atoms with Gasteiger partial charge in [0, 0.05) is 8.80 Å². The highest BCUT2D eigenvalue weighted by molar-refractivity contribution is 6.60. The van der Waals surface area contributed by atoms with Gasteiger partial charge in [0.1, 0.15) is 0 Å². The summed E-state index contributed by atoms with van der Waals surface area (Å²) in [6, 6.07) is 3.02. The van der Waals surface area contributed by atoms with Crippen LogP contribution < -0.4 is 0 Å². The minimum Gasteiger partial charge on any atom is -0.0680 e. The van der Waals surface area contributed by atoms with Crippen LogP contribution in [0.15, 0.2) is 0 Å². The molecule has 0 aliphatic rings. The van der Waals surface area contributed by atoms with Crippen molar-refractivity contribution in [2.75, 3.05) is 0 Å². The molecule has 25 heavy (non-hydrogen) atoms. The molecule has 0 spiro atoms. The van der Waals surface area contributed by atoms with Crippen molar-refractivity contribution in [3.63, 3.8) is 0 Å². The normalized spacial score (nSPS) is 12.8. The Kier molecular flexibility index (Phi) is 20.7. The second kappa shape index (κ2) is 20.5. The molecule has 0 aliphatic heterocycles. The van der Waals surface area contributed by atoms with E-state index in [1.54, 1.807) is 0 Å². The Morgan fingerprint density at radius 1 is 0.480 bits per heavy atom. The van der Waals surface area contributed by atoms with Gasteiger partial charge in [-0.25, -0.2) is 0 Å². The summed E-state index contributed by atoms with van der Waals surface area (Å²) in [5.74, 6) is 0. The van der Waals surface area contributed by atoms with Gasteiger partial charge < -0.3 is 0 Å². The monoisotopic (exact) mass is 368 g/mol. The van der Waals surface area contributed by atoms with E-state index in [0.29, 0.717) is 0 Å². The largest absolute Gasteiger partial charge is 0.0680 e. The molecule has 1 heteroatoms. The zero-order chi connectivity index (χ0) is 18.6. The van der Waals surface area contributed by atoms with Crippen LogP contribution in [0.3, 0.4) is 0 Å². The Bertz CT molecular complexity index is 234. The van der Waals surface area contributed by atoms with Gasteiger partial charge in [-0.2, -0.15) is 0 Å². The maximum atomic E-state index is 2.54. The molecule has 1 unspecified atom stereocenters. The first-order valence-corrected chi connectivity index (χ1v) is 14.6. The highest BCUT2D eigenvalue weighted by atomic mass is 28.3. The molecule has 0 heterocycles. The molecule has 0 rings (SSSR count). The molecule has 0 aromatic rings. The van der Waals surface area contributed by atoms with Crippen LogP contribution in [0.25, 0.3) is 0 Å². The van der Waals surface area contributed by atoms with Crippen molar-refractivity contribution in [2.45, 2.75) is 154 Å². The standard InChI is InChI=1S/C24H52Si/c1-5-8-9-10-11-12-13-14-15-16-17-18-19-20-21-22-23-24(4)25(6-2)7-3/h24-25H,5-23H2,1-4H3. The topological polar surface area (TPSA) is 0 Å². The molecule has 1 atom stereocenters. The van der Waals surface area contributed by atoms with Gasteiger partial charge in [0.05, 0.1) is 0 Å². The molecular weight excluding hydrogens is 316 g/mol. The quantitative estimate of drug-likeness (QED) is 0.148. The van der Waals surface area contributed by atoms with Crippen molar-refractivity contribution in [1.82, 2.24) is 0 Å². The van der Waals surface area contributed by atoms with E-state index in [4.69, 9.17) is 0 Å². The lowest BCUT2D eigenvalue weighted by Crippen LogP contribution is -2.15. The second-order valence-corrected chi connectivity index (χ2v) is 12.9. The predicted octanol–water partition coefficient (Wildman–Crippen LogP) is 9.29. The van der Waals surface area contributed by atoms with Gasteiger partial charge in [-0.15, -0.1) is 0 Å². The van der Waals surface area contributed by atoms with Gasteiger partial charge in [0.15, 0.2) is 0 Å². The maximum absolute atomic E-state index is 2.54. The first-order valence-electron chi connectivity index (χ1n) is 12.3. The van der Waals surface area contributed by atoms with Crippen molar-refractivity contribution in [1.29, 1.82) is 0 Å². The third-order valence-electron chi connectivity index (χ3n) is 6.37. The molecule has 0 saturated heterocycles. The molecule has 0 N–H and O–H groups in total. The van der Waals surface area contributed by atoms with Crippen LogP contribution in [0.2, 0.25) is 17.6 Å². The first-order chi connectivity index (χ1) is 12.3. The van der Waals surface area contributed by atoms with E-state index >= 15 is 0 Å². The van der Waals surface area contributed by atoms with Crippen LogP contribution in [0.4, 0.5) is 0 Å². The summed E-state index contributed by atoms with van der Waals surface area (Å²) in [5.41, 5.74) is 1.08. The summed E-state index contributed by atoms with van der Waals surface area (Å²) >= 11 is 0. The molecule has 0 bridgehead atoms. The van der Waals surface area contributed by atoms with Gasteiger partial charge in [0.2, 0.25) is 0 Å². The summed E-state index contributed by atoms with van der Waals surface area (Å²) in [6.45, 7) is 9.68. The lowest BCUT2D eigenvalue weighted by molar-refractivity contribution is 0.526. The minimum absolute atomic E-state index is 0.381. The highest BCUT2D eigenvalue weighted by Gasteiger charge is 2.14. The molecule has 0 aromatic carbocycles. The molecule has 0 aromatic heterocycles. The van der Waals surface area contributed by atoms with E-state index in [9.17, 15) is 0 Å². The fourth-order valence-corrected chi connectivity index (χ4v) is 7.24. The Morgan fingerprint density at radius 2 is 0.800 bits per heavy atom. The molecule has 0 saturated carbocycles. The number of hydrogen-bond acceptors (Lipinski definition) is 0. The number of rotatable bonds is 20. The van der Waals surface area contributed by atoms with E-state index < -0.39 is 0 Å². The summed E-state index contributed by atoms with van der Waals surface area (Å²) < 4.78 is 0. The lowest BCUT2D eigenvalue weighted by atomic mass is 10.0. The van der Waals surface area contributed by atoms with E-state index in [1.165, 1.54) is 121 Å². The second-order valence-electron chi connectivity index (χ2n) is 8.65. The summed E-state index contributed by atoms with van der Waals surface area (Å²) in [5, 5.41) is 0. The Labute approximate surface area is 163 Å². The zero-order valence-electron chi connectivity index (χ0n) is 18.6. The third kappa shape index (κ3) is 17.4. The summed E-state index contributed by atoms with van der Waals surface area (Å²) in [4.78, 5) is 0. The van der Waals surface area contributed by atoms with Gasteiger partial charge in [-0.1, -0.05) is 154 Å². The Hall–Kier alpha value is 0.217. The van der Waals surface area contributed by atoms with E-state index in [-0.39, 0.29) is 8.80 Å². The maximum Gasteiger partial charge on any atom is 0.0390 e. The van der Waals surface area contributed by atoms with Gasteiger partial charge in [0.25, 0.3) is 0 Å². The summed E-state index contributed by atoms with van der Waals surface area (Å²) in [7, 11) is -0.381. The Balaban J connectivity index is 3.14. The molecule has 0 fully saturated rings. The van der Waals surface area contributed by atoms with Crippen molar-refractivity contribution >= 4 is 8.80 Å². The van der Waals surface area contributed by atoms with Gasteiger partial charge >= 0.3 is 0 Å². The molecule has 0 amide bonds. The van der Waals surface area contributed by atoms with Crippen molar-refractivity contribution in [3.05, 3.63) is 0 Å². The number of unbranched alkanes of at least 4 members (excludes halogenated alkanes) is 15. The van der Waals surface area contributed by atoms with Gasteiger partial charge in [-0.05, 0) is 0 Å². The smallest absolute Gasteiger partial charge is 0.0390 e. The Morgan fingerprint density at radius 3 is 1.12 bits per heavy atom. The van der Waals surface area contributed by atoms with Crippen LogP contribution >= 0.6 is 0 Å². The fourth-order valence-electron chi connectivity index (χ4n) is 4.34. The number of hydrogen-bond donors (Lipinski definition) is 0. The first kappa shape index (κ1) is 25.2. The summed E-state index contributed by atoms with van der Waals surface area (Å²) in [6.07, 6.45) is 25.2. The van der Waals surface area contributed by atoms with Crippen molar-refractivity contribution < 1.29 is 0 Å². The molecule has 0 aliphatic carbocycles. The minimum atomic E-state index is -0.381. The zero-order valence-corrected chi connectivity index (χ0v) is 19.7. The van der Waals surface area contributed by atoms with Crippen LogP contribution in [0.5, 0.6) is 0 Å². The molecule has 0 nitrogen and oxygen atoms in total. The average molecular weight is 369 g/mol. The van der Waals surface area contributed by atoms with Crippen LogP contribution in [-0.4, -0.2) is 8.80 Å². The average Bonchev–Trinajstić information content (AvgIpc) is 2.62. The molecular formula is C24H52Si. The van der Waals surface area contributed by atoms with E-state index in [0.717, 1.165) is 5.54 Å². The highest BCUT2D eigenvalue weighted by Crippen LogP contribution is 2.23. The molecule has 152 valence electrons. The van der Waals surface area contributed by atoms with Crippen LogP contribution in [0.1, 0.15) is 137 Å².